The van der Waals surface area contributed by atoms with Crippen molar-refractivity contribution in [1.29, 1.82) is 0 Å². The molecule has 1 aromatic rings. The first-order valence-electron chi connectivity index (χ1n) is 8.18. The van der Waals surface area contributed by atoms with Gasteiger partial charge in [-0.2, -0.15) is 0 Å². The molecule has 140 valence electrons. The maximum Gasteiger partial charge on any atom is 0.386 e. The van der Waals surface area contributed by atoms with E-state index < -0.39 is 34.5 Å². The summed E-state index contributed by atoms with van der Waals surface area (Å²) in [5, 5.41) is 21.0. The SMILES string of the molecule is CC(C)(C)C(O)CC(C)(O)C(C)(C)C(=O)OOC(=O)c1ccccc1. The van der Waals surface area contributed by atoms with E-state index in [-0.39, 0.29) is 12.0 Å². The third-order valence-corrected chi connectivity index (χ3v) is 4.65. The number of rotatable bonds is 5. The first-order chi connectivity index (χ1) is 11.3. The van der Waals surface area contributed by atoms with Crippen LogP contribution in [0.25, 0.3) is 0 Å². The number of carbonyl (C=O) groups excluding carboxylic acids is 2. The molecule has 6 heteroatoms. The summed E-state index contributed by atoms with van der Waals surface area (Å²) in [4.78, 5) is 33.4. The lowest BCUT2D eigenvalue weighted by molar-refractivity contribution is -0.253. The van der Waals surface area contributed by atoms with Gasteiger partial charge in [-0.3, -0.25) is 0 Å². The third-order valence-electron chi connectivity index (χ3n) is 4.65. The summed E-state index contributed by atoms with van der Waals surface area (Å²) in [6.45, 7) is 9.90. The molecule has 0 saturated carbocycles. The molecule has 1 rings (SSSR count). The number of hydrogen-bond donors (Lipinski definition) is 2. The largest absolute Gasteiger partial charge is 0.392 e. The second-order valence-electron chi connectivity index (χ2n) is 8.09. The highest BCUT2D eigenvalue weighted by Gasteiger charge is 2.49. The topological polar surface area (TPSA) is 93.1 Å². The highest BCUT2D eigenvalue weighted by Crippen LogP contribution is 2.38. The van der Waals surface area contributed by atoms with E-state index in [0.717, 1.165) is 0 Å². The molecule has 0 aliphatic carbocycles. The third kappa shape index (κ3) is 5.28. The second-order valence-corrected chi connectivity index (χ2v) is 8.09. The maximum atomic E-state index is 12.3. The fraction of sp³-hybridized carbons (Fsp3) is 0.579. The Kier molecular flexibility index (Phi) is 6.37. The van der Waals surface area contributed by atoms with Crippen molar-refractivity contribution >= 4 is 11.9 Å². The van der Waals surface area contributed by atoms with Gasteiger partial charge in [0.1, 0.15) is 0 Å². The summed E-state index contributed by atoms with van der Waals surface area (Å²) in [7, 11) is 0. The predicted molar refractivity (Wildman–Crippen MR) is 92.4 cm³/mol. The van der Waals surface area contributed by atoms with Crippen LogP contribution in [0.3, 0.4) is 0 Å². The Morgan fingerprint density at radius 3 is 2.00 bits per heavy atom. The second kappa shape index (κ2) is 7.54. The van der Waals surface area contributed by atoms with Gasteiger partial charge in [0.25, 0.3) is 0 Å². The number of aliphatic hydroxyl groups is 2. The molecule has 0 amide bonds. The Bertz CT molecular complexity index is 598. The van der Waals surface area contributed by atoms with E-state index in [1.54, 1.807) is 18.2 Å². The van der Waals surface area contributed by atoms with E-state index in [2.05, 4.69) is 9.78 Å². The molecule has 1 aromatic carbocycles. The molecule has 2 atom stereocenters. The fourth-order valence-corrected chi connectivity index (χ4v) is 1.96. The fourth-order valence-electron chi connectivity index (χ4n) is 1.96. The van der Waals surface area contributed by atoms with E-state index in [1.165, 1.54) is 32.9 Å². The van der Waals surface area contributed by atoms with Gasteiger partial charge in [0, 0.05) is 6.42 Å². The Labute approximate surface area is 148 Å². The van der Waals surface area contributed by atoms with Crippen molar-refractivity contribution in [3.63, 3.8) is 0 Å². The van der Waals surface area contributed by atoms with Gasteiger partial charge in [-0.1, -0.05) is 39.0 Å². The Morgan fingerprint density at radius 1 is 1.00 bits per heavy atom. The van der Waals surface area contributed by atoms with Crippen molar-refractivity contribution in [3.8, 4) is 0 Å². The lowest BCUT2D eigenvalue weighted by Crippen LogP contribution is -2.51. The standard InChI is InChI=1S/C19H28O6/c1-17(2,3)14(20)12-19(6,23)18(4,5)16(22)25-24-15(21)13-10-8-7-9-11-13/h7-11,14,20,23H,12H2,1-6H3. The minimum atomic E-state index is -1.57. The molecule has 0 radical (unpaired) electrons. The van der Waals surface area contributed by atoms with Gasteiger partial charge >= 0.3 is 11.9 Å². The zero-order valence-corrected chi connectivity index (χ0v) is 15.7. The molecule has 0 bridgehead atoms. The van der Waals surface area contributed by atoms with Crippen LogP contribution in [-0.2, 0) is 14.6 Å². The van der Waals surface area contributed by atoms with Gasteiger partial charge in [0.15, 0.2) is 0 Å². The zero-order valence-electron chi connectivity index (χ0n) is 15.7. The van der Waals surface area contributed by atoms with Crippen LogP contribution in [0.2, 0.25) is 0 Å². The number of hydrogen-bond acceptors (Lipinski definition) is 6. The molecule has 2 N–H and O–H groups in total. The van der Waals surface area contributed by atoms with Crippen molar-refractivity contribution in [1.82, 2.24) is 0 Å². The van der Waals surface area contributed by atoms with Crippen molar-refractivity contribution < 1.29 is 29.6 Å². The molecule has 0 aliphatic heterocycles. The van der Waals surface area contributed by atoms with Crippen LogP contribution in [0.5, 0.6) is 0 Å². The van der Waals surface area contributed by atoms with Crippen LogP contribution in [0, 0.1) is 10.8 Å². The molecule has 0 heterocycles. The van der Waals surface area contributed by atoms with E-state index >= 15 is 0 Å². The van der Waals surface area contributed by atoms with Gasteiger partial charge in [-0.15, -0.1) is 0 Å². The first-order valence-corrected chi connectivity index (χ1v) is 8.18. The molecule has 2 unspecified atom stereocenters. The monoisotopic (exact) mass is 352 g/mol. The van der Waals surface area contributed by atoms with E-state index in [0.29, 0.717) is 0 Å². The average molecular weight is 352 g/mol. The first kappa shape index (κ1) is 21.1. The highest BCUT2D eigenvalue weighted by atomic mass is 17.2. The maximum absolute atomic E-state index is 12.3. The van der Waals surface area contributed by atoms with Crippen molar-refractivity contribution in [2.45, 2.75) is 59.7 Å². The molecule has 6 nitrogen and oxygen atoms in total. The normalized spacial score (nSPS) is 15.8. The summed E-state index contributed by atoms with van der Waals surface area (Å²) in [6.07, 6.45) is -0.868. The van der Waals surface area contributed by atoms with Crippen LogP contribution < -0.4 is 0 Å². The summed E-state index contributed by atoms with van der Waals surface area (Å²) in [6, 6.07) is 8.10. The molecular weight excluding hydrogens is 324 g/mol. The molecule has 25 heavy (non-hydrogen) atoms. The summed E-state index contributed by atoms with van der Waals surface area (Å²) in [5.41, 5.74) is -3.20. The Morgan fingerprint density at radius 2 is 1.52 bits per heavy atom. The Balaban J connectivity index is 2.76. The van der Waals surface area contributed by atoms with Crippen molar-refractivity contribution in [2.75, 3.05) is 0 Å². The minimum Gasteiger partial charge on any atom is -0.392 e. The van der Waals surface area contributed by atoms with Crippen LogP contribution in [0.4, 0.5) is 0 Å². The molecule has 0 fully saturated rings. The minimum absolute atomic E-state index is 0.0365. The average Bonchev–Trinajstić information content (AvgIpc) is 2.51. The van der Waals surface area contributed by atoms with Crippen LogP contribution >= 0.6 is 0 Å². The van der Waals surface area contributed by atoms with E-state index in [4.69, 9.17) is 0 Å². The molecule has 0 aliphatic rings. The number of aliphatic hydroxyl groups excluding tert-OH is 1. The summed E-state index contributed by atoms with van der Waals surface area (Å²) in [5.74, 6) is -1.71. The van der Waals surface area contributed by atoms with E-state index in [9.17, 15) is 19.8 Å². The van der Waals surface area contributed by atoms with Gasteiger partial charge in [-0.25, -0.2) is 19.4 Å². The molecular formula is C19H28O6. The van der Waals surface area contributed by atoms with Crippen LogP contribution in [0.1, 0.15) is 58.3 Å². The lowest BCUT2D eigenvalue weighted by Gasteiger charge is -2.40. The Hall–Kier alpha value is -1.92. The summed E-state index contributed by atoms with van der Waals surface area (Å²) >= 11 is 0. The number of benzene rings is 1. The molecule has 0 saturated heterocycles. The predicted octanol–water partition coefficient (Wildman–Crippen LogP) is 2.88. The van der Waals surface area contributed by atoms with Gasteiger partial charge < -0.3 is 10.2 Å². The van der Waals surface area contributed by atoms with Gasteiger partial charge in [-0.05, 0) is 38.3 Å². The molecule has 0 spiro atoms. The van der Waals surface area contributed by atoms with Crippen molar-refractivity contribution in [2.24, 2.45) is 10.8 Å². The lowest BCUT2D eigenvalue weighted by atomic mass is 9.70. The van der Waals surface area contributed by atoms with Crippen LogP contribution in [0.15, 0.2) is 30.3 Å². The van der Waals surface area contributed by atoms with Gasteiger partial charge in [0.2, 0.25) is 0 Å². The smallest absolute Gasteiger partial charge is 0.386 e. The van der Waals surface area contributed by atoms with Gasteiger partial charge in [0.05, 0.1) is 22.7 Å². The van der Waals surface area contributed by atoms with Crippen LogP contribution in [-0.4, -0.2) is 33.9 Å². The summed E-state index contributed by atoms with van der Waals surface area (Å²) < 4.78 is 0. The quantitative estimate of drug-likeness (QED) is 0.625. The highest BCUT2D eigenvalue weighted by molar-refractivity contribution is 5.89. The van der Waals surface area contributed by atoms with E-state index in [1.807, 2.05) is 20.8 Å². The zero-order chi connectivity index (χ0) is 19.5. The van der Waals surface area contributed by atoms with Crippen molar-refractivity contribution in [3.05, 3.63) is 35.9 Å². The molecule has 0 aromatic heterocycles. The number of carbonyl (C=O) groups is 2.